The van der Waals surface area contributed by atoms with Crippen LogP contribution < -0.4 is 18.9 Å². The number of halogens is 5. The Morgan fingerprint density at radius 3 is 1.05 bits per heavy atom. The Hall–Kier alpha value is -13.4. The van der Waals surface area contributed by atoms with Gasteiger partial charge in [0.25, 0.3) is 0 Å². The summed E-state index contributed by atoms with van der Waals surface area (Å²) in [5.74, 6) is 3.69. The molecule has 4 aliphatic rings. The second-order valence-electron chi connectivity index (χ2n) is 33.7. The van der Waals surface area contributed by atoms with E-state index in [1.54, 1.807) is 44.1 Å². The predicted octanol–water partition coefficient (Wildman–Crippen LogP) is 23.3. The Morgan fingerprint density at radius 1 is 0.423 bits per heavy atom. The zero-order chi connectivity index (χ0) is 95.4. The van der Waals surface area contributed by atoms with Gasteiger partial charge in [0.1, 0.15) is 91.3 Å². The Bertz CT molecular complexity index is 6390. The van der Waals surface area contributed by atoms with Crippen LogP contribution in [-0.4, -0.2) is 180 Å². The molecule has 11 heterocycles. The highest BCUT2D eigenvalue weighted by molar-refractivity contribution is 6.32. The van der Waals surface area contributed by atoms with Gasteiger partial charge in [0, 0.05) is 163 Å². The Balaban J connectivity index is 0.000000133. The summed E-state index contributed by atoms with van der Waals surface area (Å²) in [6.45, 7) is 22.1. The monoisotopic (exact) mass is 1950 g/mol. The average molecular weight is 1950 g/mol. The van der Waals surface area contributed by atoms with E-state index in [0.717, 1.165) is 189 Å². The van der Waals surface area contributed by atoms with Gasteiger partial charge in [-0.2, -0.15) is 10.2 Å². The van der Waals surface area contributed by atoms with Crippen molar-refractivity contribution in [3.05, 3.63) is 327 Å². The number of carbonyl (C=O) groups excluding carboxylic acids is 4. The van der Waals surface area contributed by atoms with Gasteiger partial charge < -0.3 is 62.4 Å². The van der Waals surface area contributed by atoms with Gasteiger partial charge in [0.15, 0.2) is 0 Å². The summed E-state index contributed by atoms with van der Waals surface area (Å²) in [4.78, 5) is 85.2. The molecule has 4 N–H and O–H groups in total. The molecule has 7 aromatic heterocycles. The first kappa shape index (κ1) is 96.7. The lowest BCUT2D eigenvalue weighted by Crippen LogP contribution is -2.41. The number of nitrogens with one attached hydrogen (secondary N) is 4. The van der Waals surface area contributed by atoms with Crippen molar-refractivity contribution < 1.29 is 57.1 Å². The molecule has 0 spiro atoms. The number of aryl methyl sites for hydroxylation is 3. The van der Waals surface area contributed by atoms with Gasteiger partial charge >= 0.3 is 24.4 Å². The van der Waals surface area contributed by atoms with E-state index in [0.29, 0.717) is 91.4 Å². The molecule has 712 valence electrons. The summed E-state index contributed by atoms with van der Waals surface area (Å²) < 4.78 is 51.1. The SMILES string of the molecule is C=CCOC(=O)N1CCc2c([nH]c3ccc(Cl)cc23)C1c1ccc(OCCCn2cncn2)cc1.C=COC(=O)N1CCc2c([nH]c3ccc(Cl)cc23)C1c1ccc(OCCCCl)cc1.CCC(C)OC(=O)N1CCc2c([nH]c3ccc(Cl)cc23)C1c1ccc(OCCCn2ccnc2)cc1.CCC(C)OC(=O)N1CCc2c([nH]c3ccc(Cl)cc23)C1c1ccc(OCCCn2cncn2)cc1. The van der Waals surface area contributed by atoms with Gasteiger partial charge in [-0.25, -0.2) is 34.1 Å². The normalized spacial score (nSPS) is 15.7. The number of ether oxygens (including phenoxy) is 8. The molecule has 15 aromatic rings. The van der Waals surface area contributed by atoms with Crippen LogP contribution in [0.15, 0.2) is 239 Å². The number of aromatic nitrogens is 12. The highest BCUT2D eigenvalue weighted by atomic mass is 35.5. The second-order valence-corrected chi connectivity index (χ2v) is 35.8. The first-order valence-electron chi connectivity index (χ1n) is 46.2. The van der Waals surface area contributed by atoms with Crippen LogP contribution in [0, 0.1) is 0 Å². The number of H-pyrrole nitrogens is 4. The molecule has 137 heavy (non-hydrogen) atoms. The van der Waals surface area contributed by atoms with Crippen molar-refractivity contribution in [1.82, 2.24) is 78.6 Å². The van der Waals surface area contributed by atoms with Gasteiger partial charge in [0.2, 0.25) is 0 Å². The number of rotatable bonds is 30. The summed E-state index contributed by atoms with van der Waals surface area (Å²) in [7, 11) is 0. The van der Waals surface area contributed by atoms with Crippen LogP contribution in [0.1, 0.15) is 158 Å². The number of carbonyl (C=O) groups is 4. The minimum absolute atomic E-state index is 0.140. The van der Waals surface area contributed by atoms with Gasteiger partial charge in [-0.3, -0.25) is 29.0 Å². The first-order chi connectivity index (χ1) is 66.8. The lowest BCUT2D eigenvalue weighted by Gasteiger charge is -2.36. The minimum atomic E-state index is -0.431. The number of benzene rings is 8. The quantitative estimate of drug-likeness (QED) is 0.0107. The van der Waals surface area contributed by atoms with Gasteiger partial charge in [0.05, 0.1) is 39.0 Å². The molecule has 6 unspecified atom stereocenters. The lowest BCUT2D eigenvalue weighted by atomic mass is 9.92. The van der Waals surface area contributed by atoms with Crippen LogP contribution in [0.5, 0.6) is 23.0 Å². The fourth-order valence-electron chi connectivity index (χ4n) is 17.8. The van der Waals surface area contributed by atoms with E-state index < -0.39 is 6.09 Å². The van der Waals surface area contributed by atoms with E-state index in [1.807, 2.05) is 224 Å². The molecule has 28 nitrogen and oxygen atoms in total. The maximum absolute atomic E-state index is 13.2. The number of fused-ring (bicyclic) bond motifs is 12. The van der Waals surface area contributed by atoms with Crippen molar-refractivity contribution in [1.29, 1.82) is 0 Å². The maximum atomic E-state index is 13.2. The maximum Gasteiger partial charge on any atom is 0.415 e. The largest absolute Gasteiger partial charge is 0.494 e. The third-order valence-corrected chi connectivity index (χ3v) is 26.0. The number of hydrogen-bond donors (Lipinski definition) is 4. The van der Waals surface area contributed by atoms with Gasteiger partial charge in [-0.05, 0) is 231 Å². The summed E-state index contributed by atoms with van der Waals surface area (Å²) in [5.41, 5.74) is 16.6. The molecule has 4 amide bonds. The topological polar surface area (TPSA) is 297 Å². The molecule has 0 fully saturated rings. The van der Waals surface area contributed by atoms with Crippen LogP contribution in [0.25, 0.3) is 43.6 Å². The zero-order valence-electron chi connectivity index (χ0n) is 76.7. The number of alkyl halides is 1. The number of nitrogens with zero attached hydrogens (tertiary/aromatic N) is 12. The van der Waals surface area contributed by atoms with E-state index in [1.165, 1.54) is 34.9 Å². The van der Waals surface area contributed by atoms with Crippen LogP contribution >= 0.6 is 58.0 Å². The zero-order valence-corrected chi connectivity index (χ0v) is 80.4. The van der Waals surface area contributed by atoms with Crippen molar-refractivity contribution in [2.24, 2.45) is 0 Å². The lowest BCUT2D eigenvalue weighted by molar-refractivity contribution is 0.0571. The molecule has 4 aliphatic heterocycles. The molecule has 0 radical (unpaired) electrons. The predicted molar refractivity (Wildman–Crippen MR) is 532 cm³/mol. The van der Waals surface area contributed by atoms with Crippen molar-refractivity contribution >= 4 is 126 Å². The molecule has 6 atom stereocenters. The third kappa shape index (κ3) is 23.3. The smallest absolute Gasteiger partial charge is 0.415 e. The molecular formula is C104H109Cl5N16O12. The van der Waals surface area contributed by atoms with Gasteiger partial charge in [-0.1, -0.05) is 128 Å². The van der Waals surface area contributed by atoms with Crippen molar-refractivity contribution in [3.8, 4) is 23.0 Å². The van der Waals surface area contributed by atoms with E-state index >= 15 is 0 Å². The number of hydrogen-bond acceptors (Lipinski definition) is 17. The van der Waals surface area contributed by atoms with E-state index in [-0.39, 0.29) is 61.3 Å². The molecule has 19 rings (SSSR count). The molecule has 0 saturated heterocycles. The Morgan fingerprint density at radius 2 is 0.752 bits per heavy atom. The summed E-state index contributed by atoms with van der Waals surface area (Å²) in [5, 5.41) is 15.4. The van der Waals surface area contributed by atoms with Crippen molar-refractivity contribution in [2.75, 3.05) is 65.1 Å². The average Bonchev–Trinajstić information content (AvgIpc) is 1.61. The molecule has 0 aliphatic carbocycles. The molecular weight excluding hydrogens is 1840 g/mol. The summed E-state index contributed by atoms with van der Waals surface area (Å²) >= 11 is 30.8. The number of imidazole rings is 1. The van der Waals surface area contributed by atoms with Crippen LogP contribution in [-0.2, 0) is 64.3 Å². The highest BCUT2D eigenvalue weighted by Crippen LogP contribution is 2.46. The molecule has 33 heteroatoms. The fourth-order valence-corrected chi connectivity index (χ4v) is 18.6. The Kier molecular flexibility index (Phi) is 32.5. The summed E-state index contributed by atoms with van der Waals surface area (Å²) in [6, 6.07) is 53.7. The minimum Gasteiger partial charge on any atom is -0.494 e. The standard InChI is InChI=1S/C28H31ClN4O3.C27H30ClN5O3.C26H26ClN5O3.C23H22Cl2N2O3/c1-3-19(2)36-28(34)33-14-11-23-24-17-21(29)7-10-25(24)31-26(23)27(33)20-5-8-22(9-6-20)35-16-4-13-32-15-12-30-18-32;1-3-18(2)36-27(34)33-13-11-22-23-15-20(28)7-10-24(23)31-25(22)26(33)19-5-8-21(9-6-19)35-14-4-12-32-17-29-16-30-32;1-2-13-35-26(33)32-12-10-21-22-15-19(27)6-9-23(22)30-24(21)25(32)18-4-7-20(8-5-18)34-14-3-11-31-17-28-16-29-31;1-2-29-23(28)27-12-10-18-19-14-16(25)6-9-20(19)26-21(18)22(27)15-4-7-17(8-5-15)30-13-3-11-24/h5-10,12,15,17-19,27,31H,3-4,11,13-14,16H2,1-2H3;5-10,15-18,26,31H,3-4,11-14H2,1-2H3;2,4-9,15-17,25,30H,1,3,10-14H2;2,4-9,14,22,26H,1,3,10-13H2. The van der Waals surface area contributed by atoms with Gasteiger partial charge in [-0.15, -0.1) is 11.6 Å². The van der Waals surface area contributed by atoms with Crippen LogP contribution in [0.4, 0.5) is 19.2 Å². The fraction of sp³-hybridized carbons (Fsp3) is 0.317. The summed E-state index contributed by atoms with van der Waals surface area (Å²) in [6.07, 6.45) is 20.8. The van der Waals surface area contributed by atoms with Crippen LogP contribution in [0.2, 0.25) is 20.1 Å². The second kappa shape index (κ2) is 46.0. The van der Waals surface area contributed by atoms with Crippen molar-refractivity contribution in [2.45, 2.75) is 148 Å². The third-order valence-electron chi connectivity index (χ3n) is 24.8. The van der Waals surface area contributed by atoms with E-state index in [2.05, 4.69) is 58.2 Å². The number of amides is 4. The molecule has 8 aromatic carbocycles. The first-order valence-corrected chi connectivity index (χ1v) is 48.2. The van der Waals surface area contributed by atoms with Crippen molar-refractivity contribution in [3.63, 3.8) is 0 Å². The molecule has 0 saturated carbocycles. The highest BCUT2D eigenvalue weighted by Gasteiger charge is 2.41. The molecule has 0 bridgehead atoms. The van der Waals surface area contributed by atoms with Crippen LogP contribution in [0.3, 0.4) is 0 Å². The van der Waals surface area contributed by atoms with E-state index in [4.69, 9.17) is 95.9 Å². The number of aromatic amines is 4. The Labute approximate surface area is 819 Å². The van der Waals surface area contributed by atoms with E-state index in [9.17, 15) is 19.2 Å².